The number of para-hydroxylation sites is 2. The first kappa shape index (κ1) is 19.0. The monoisotopic (exact) mass is 417 g/mol. The van der Waals surface area contributed by atoms with E-state index in [9.17, 15) is 4.39 Å². The molecule has 3 heterocycles. The van der Waals surface area contributed by atoms with Crippen LogP contribution in [0.2, 0.25) is 0 Å². The second-order valence-corrected chi connectivity index (χ2v) is 7.21. The van der Waals surface area contributed by atoms with Gasteiger partial charge in [0.2, 0.25) is 5.95 Å². The Kier molecular flexibility index (Phi) is 4.95. The van der Waals surface area contributed by atoms with Crippen molar-refractivity contribution < 1.29 is 13.9 Å². The van der Waals surface area contributed by atoms with Crippen molar-refractivity contribution in [2.45, 2.75) is 6.10 Å². The molecule has 1 aliphatic rings. The van der Waals surface area contributed by atoms with Gasteiger partial charge in [0.05, 0.1) is 6.54 Å². The molecule has 1 unspecified atom stereocenters. The van der Waals surface area contributed by atoms with Crippen LogP contribution in [0.15, 0.2) is 67.1 Å². The number of imidazole rings is 1. The lowest BCUT2D eigenvalue weighted by Gasteiger charge is -2.26. The maximum atomic E-state index is 13.8. The summed E-state index contributed by atoms with van der Waals surface area (Å²) >= 11 is 0. The van der Waals surface area contributed by atoms with E-state index in [2.05, 4.69) is 20.3 Å². The highest BCUT2D eigenvalue weighted by Crippen LogP contribution is 2.32. The third-order valence-corrected chi connectivity index (χ3v) is 5.01. The van der Waals surface area contributed by atoms with Crippen molar-refractivity contribution in [1.82, 2.24) is 19.5 Å². The number of anilines is 1. The summed E-state index contributed by atoms with van der Waals surface area (Å²) in [7, 11) is 1.89. The van der Waals surface area contributed by atoms with Gasteiger partial charge in [-0.25, -0.2) is 19.3 Å². The van der Waals surface area contributed by atoms with Gasteiger partial charge in [-0.2, -0.15) is 0 Å². The number of benzene rings is 2. The van der Waals surface area contributed by atoms with Crippen molar-refractivity contribution in [3.8, 4) is 34.1 Å². The lowest BCUT2D eigenvalue weighted by atomic mass is 10.1. The summed E-state index contributed by atoms with van der Waals surface area (Å²) in [6, 6.07) is 13.9. The van der Waals surface area contributed by atoms with Crippen molar-refractivity contribution >= 4 is 5.95 Å². The summed E-state index contributed by atoms with van der Waals surface area (Å²) in [4.78, 5) is 13.5. The fourth-order valence-electron chi connectivity index (χ4n) is 3.47. The van der Waals surface area contributed by atoms with E-state index < -0.39 is 0 Å². The van der Waals surface area contributed by atoms with Crippen molar-refractivity contribution in [3.05, 3.63) is 72.9 Å². The average molecular weight is 417 g/mol. The van der Waals surface area contributed by atoms with E-state index in [4.69, 9.17) is 9.47 Å². The van der Waals surface area contributed by atoms with Crippen LogP contribution in [0.25, 0.3) is 22.6 Å². The molecule has 0 bridgehead atoms. The molecular weight excluding hydrogens is 397 g/mol. The zero-order valence-electron chi connectivity index (χ0n) is 16.8. The van der Waals surface area contributed by atoms with Crippen molar-refractivity contribution in [1.29, 1.82) is 0 Å². The normalized spacial score (nSPS) is 15.0. The lowest BCUT2D eigenvalue weighted by molar-refractivity contribution is 0.0996. The number of aromatic nitrogens is 4. The number of hydrogen-bond acceptors (Lipinski definition) is 6. The van der Waals surface area contributed by atoms with Gasteiger partial charge in [0.15, 0.2) is 17.3 Å². The zero-order chi connectivity index (χ0) is 21.2. The van der Waals surface area contributed by atoms with Crippen LogP contribution in [0, 0.1) is 5.82 Å². The van der Waals surface area contributed by atoms with Crippen LogP contribution in [-0.4, -0.2) is 38.8 Å². The molecular formula is C23H20FN5O2. The highest BCUT2D eigenvalue weighted by Gasteiger charge is 2.21. The first-order chi connectivity index (χ1) is 15.2. The third-order valence-electron chi connectivity index (χ3n) is 5.01. The molecule has 0 aliphatic carbocycles. The fourth-order valence-corrected chi connectivity index (χ4v) is 3.47. The van der Waals surface area contributed by atoms with E-state index in [-0.39, 0.29) is 11.9 Å². The fraction of sp³-hybridized carbons (Fsp3) is 0.174. The van der Waals surface area contributed by atoms with Gasteiger partial charge in [-0.05, 0) is 29.8 Å². The first-order valence-corrected chi connectivity index (χ1v) is 9.90. The molecule has 31 heavy (non-hydrogen) atoms. The van der Waals surface area contributed by atoms with Gasteiger partial charge in [0.25, 0.3) is 0 Å². The second-order valence-electron chi connectivity index (χ2n) is 7.21. The molecule has 8 heteroatoms. The summed E-state index contributed by atoms with van der Waals surface area (Å²) < 4.78 is 27.4. The Morgan fingerprint density at radius 3 is 2.81 bits per heavy atom. The van der Waals surface area contributed by atoms with Gasteiger partial charge in [-0.15, -0.1) is 0 Å². The average Bonchev–Trinajstić information content (AvgIpc) is 3.23. The third kappa shape index (κ3) is 3.92. The Morgan fingerprint density at radius 1 is 1.13 bits per heavy atom. The van der Waals surface area contributed by atoms with Crippen LogP contribution in [-0.2, 0) is 7.05 Å². The number of ether oxygens (including phenoxy) is 2. The van der Waals surface area contributed by atoms with Crippen LogP contribution in [0.5, 0.6) is 11.5 Å². The standard InChI is InChI=1S/C23H20FN5O2/c1-29-10-9-25-22(29)21-18(15-5-4-6-16(24)11-15)13-27-23(28-21)26-12-17-14-30-19-7-2-3-8-20(19)31-17/h2-11,13,17H,12,14H2,1H3,(H,26,27,28). The molecule has 1 atom stereocenters. The van der Waals surface area contributed by atoms with Crippen LogP contribution in [0.3, 0.4) is 0 Å². The predicted octanol–water partition coefficient (Wildman–Crippen LogP) is 3.94. The van der Waals surface area contributed by atoms with E-state index in [1.165, 1.54) is 12.1 Å². The Balaban J connectivity index is 1.41. The van der Waals surface area contributed by atoms with Crippen LogP contribution in [0.1, 0.15) is 0 Å². The highest BCUT2D eigenvalue weighted by molar-refractivity contribution is 5.78. The minimum Gasteiger partial charge on any atom is -0.486 e. The number of hydrogen-bond donors (Lipinski definition) is 1. The van der Waals surface area contributed by atoms with Crippen LogP contribution >= 0.6 is 0 Å². The van der Waals surface area contributed by atoms with E-state index >= 15 is 0 Å². The number of halogens is 1. The number of nitrogens with zero attached hydrogens (tertiary/aromatic N) is 4. The Bertz CT molecular complexity index is 1230. The summed E-state index contributed by atoms with van der Waals surface area (Å²) in [5, 5.41) is 3.22. The SMILES string of the molecule is Cn1ccnc1-c1nc(NCC2COc3ccccc3O2)ncc1-c1cccc(F)c1. The summed E-state index contributed by atoms with van der Waals surface area (Å²) in [5.41, 5.74) is 2.00. The zero-order valence-corrected chi connectivity index (χ0v) is 16.8. The molecule has 1 N–H and O–H groups in total. The van der Waals surface area contributed by atoms with Gasteiger partial charge in [0, 0.05) is 31.2 Å². The van der Waals surface area contributed by atoms with Gasteiger partial charge in [0.1, 0.15) is 24.2 Å². The molecule has 0 saturated heterocycles. The Morgan fingerprint density at radius 2 is 2.00 bits per heavy atom. The summed E-state index contributed by atoms with van der Waals surface area (Å²) in [6.07, 6.45) is 5.04. The number of fused-ring (bicyclic) bond motifs is 1. The molecule has 156 valence electrons. The lowest BCUT2D eigenvalue weighted by Crippen LogP contribution is -2.35. The molecule has 0 amide bonds. The number of rotatable bonds is 5. The molecule has 2 aromatic carbocycles. The molecule has 0 radical (unpaired) electrons. The quantitative estimate of drug-likeness (QED) is 0.530. The second kappa shape index (κ2) is 8.06. The molecule has 2 aromatic heterocycles. The van der Waals surface area contributed by atoms with Crippen molar-refractivity contribution in [2.75, 3.05) is 18.5 Å². The number of nitrogens with one attached hydrogen (secondary N) is 1. The minimum atomic E-state index is -0.319. The highest BCUT2D eigenvalue weighted by atomic mass is 19.1. The Hall–Kier alpha value is -3.94. The molecule has 4 aromatic rings. The van der Waals surface area contributed by atoms with Crippen molar-refractivity contribution in [3.63, 3.8) is 0 Å². The van der Waals surface area contributed by atoms with E-state index in [1.54, 1.807) is 18.5 Å². The predicted molar refractivity (Wildman–Crippen MR) is 114 cm³/mol. The van der Waals surface area contributed by atoms with E-state index in [1.807, 2.05) is 48.1 Å². The van der Waals surface area contributed by atoms with Gasteiger partial charge in [-0.1, -0.05) is 24.3 Å². The van der Waals surface area contributed by atoms with Crippen LogP contribution in [0.4, 0.5) is 10.3 Å². The largest absolute Gasteiger partial charge is 0.486 e. The van der Waals surface area contributed by atoms with E-state index in [0.29, 0.717) is 41.7 Å². The van der Waals surface area contributed by atoms with Crippen molar-refractivity contribution in [2.24, 2.45) is 7.05 Å². The number of aryl methyl sites for hydroxylation is 1. The maximum absolute atomic E-state index is 13.8. The molecule has 0 spiro atoms. The van der Waals surface area contributed by atoms with E-state index in [0.717, 1.165) is 11.5 Å². The minimum absolute atomic E-state index is 0.182. The molecule has 1 aliphatic heterocycles. The van der Waals surface area contributed by atoms with Gasteiger partial charge in [-0.3, -0.25) is 0 Å². The molecule has 0 saturated carbocycles. The van der Waals surface area contributed by atoms with Gasteiger partial charge >= 0.3 is 0 Å². The van der Waals surface area contributed by atoms with Crippen LogP contribution < -0.4 is 14.8 Å². The molecule has 0 fully saturated rings. The first-order valence-electron chi connectivity index (χ1n) is 9.90. The topological polar surface area (TPSA) is 74.1 Å². The molecule has 5 rings (SSSR count). The molecule has 7 nitrogen and oxygen atoms in total. The summed E-state index contributed by atoms with van der Waals surface area (Å²) in [5.74, 6) is 2.24. The van der Waals surface area contributed by atoms with Gasteiger partial charge < -0.3 is 19.4 Å². The summed E-state index contributed by atoms with van der Waals surface area (Å²) in [6.45, 7) is 0.894. The Labute approximate surface area is 178 Å². The maximum Gasteiger partial charge on any atom is 0.223 e. The smallest absolute Gasteiger partial charge is 0.223 e.